The van der Waals surface area contributed by atoms with E-state index in [2.05, 4.69) is 13.0 Å². The van der Waals surface area contributed by atoms with Crippen LogP contribution in [0.25, 0.3) is 11.1 Å². The summed E-state index contributed by atoms with van der Waals surface area (Å²) in [6.07, 6.45) is -1.19. The van der Waals surface area contributed by atoms with Crippen LogP contribution in [0.1, 0.15) is 58.9 Å². The highest BCUT2D eigenvalue weighted by molar-refractivity contribution is 5.83. The largest absolute Gasteiger partial charge is 0.416 e. The van der Waals surface area contributed by atoms with Crippen molar-refractivity contribution in [1.82, 2.24) is 0 Å². The van der Waals surface area contributed by atoms with Gasteiger partial charge in [-0.15, -0.1) is 0 Å². The normalized spacial score (nSPS) is 27.3. The molecule has 0 spiro atoms. The molecule has 2 bridgehead atoms. The van der Waals surface area contributed by atoms with E-state index in [0.717, 1.165) is 35.6 Å². The SMILES string of the molecule is Cc1cccc2c1C1C3CCC(C3)C1c1c(CC(N)=O)cc(C(F)(F)F)cc1-2. The molecule has 146 valence electrons. The maximum atomic E-state index is 13.6. The first-order chi connectivity index (χ1) is 13.3. The van der Waals surface area contributed by atoms with Crippen molar-refractivity contribution in [2.24, 2.45) is 17.6 Å². The molecule has 2 saturated carbocycles. The molecule has 5 rings (SSSR count). The lowest BCUT2D eigenvalue weighted by atomic mass is 9.63. The predicted molar refractivity (Wildman–Crippen MR) is 101 cm³/mol. The van der Waals surface area contributed by atoms with Crippen LogP contribution in [0.3, 0.4) is 0 Å². The number of amides is 1. The van der Waals surface area contributed by atoms with Crippen LogP contribution in [-0.4, -0.2) is 5.91 Å². The fraction of sp³-hybridized carbons (Fsp3) is 0.435. The number of benzene rings is 2. The van der Waals surface area contributed by atoms with E-state index in [9.17, 15) is 18.0 Å². The van der Waals surface area contributed by atoms with Crippen molar-refractivity contribution in [2.45, 2.75) is 50.6 Å². The first-order valence-corrected chi connectivity index (χ1v) is 9.88. The smallest absolute Gasteiger partial charge is 0.369 e. The molecule has 0 radical (unpaired) electrons. The molecule has 5 heteroatoms. The highest BCUT2D eigenvalue weighted by Gasteiger charge is 2.53. The summed E-state index contributed by atoms with van der Waals surface area (Å²) < 4.78 is 40.9. The number of fused-ring (bicyclic) bond motifs is 10. The molecular formula is C23H22F3NO. The van der Waals surface area contributed by atoms with E-state index in [4.69, 9.17) is 5.73 Å². The zero-order chi connectivity index (χ0) is 19.8. The van der Waals surface area contributed by atoms with Crippen molar-refractivity contribution >= 4 is 5.91 Å². The van der Waals surface area contributed by atoms with Crippen LogP contribution in [0.5, 0.6) is 0 Å². The van der Waals surface area contributed by atoms with Gasteiger partial charge in [0.2, 0.25) is 5.91 Å². The summed E-state index contributed by atoms with van der Waals surface area (Å²) in [5.74, 6) is 0.998. The third-order valence-corrected chi connectivity index (χ3v) is 7.16. The Bertz CT molecular complexity index is 994. The van der Waals surface area contributed by atoms with Gasteiger partial charge >= 0.3 is 6.18 Å². The highest BCUT2D eigenvalue weighted by atomic mass is 19.4. The molecule has 1 amide bonds. The van der Waals surface area contributed by atoms with Crippen LogP contribution in [0.15, 0.2) is 30.3 Å². The van der Waals surface area contributed by atoms with E-state index in [1.807, 2.05) is 12.1 Å². The van der Waals surface area contributed by atoms with Gasteiger partial charge in [-0.05, 0) is 95.4 Å². The van der Waals surface area contributed by atoms with Crippen molar-refractivity contribution in [3.8, 4) is 11.1 Å². The van der Waals surface area contributed by atoms with E-state index in [0.29, 0.717) is 28.9 Å². The average molecular weight is 385 g/mol. The molecule has 28 heavy (non-hydrogen) atoms. The van der Waals surface area contributed by atoms with Crippen LogP contribution in [0.2, 0.25) is 0 Å². The monoisotopic (exact) mass is 385 g/mol. The van der Waals surface area contributed by atoms with Crippen molar-refractivity contribution in [2.75, 3.05) is 0 Å². The maximum absolute atomic E-state index is 13.6. The lowest BCUT2D eigenvalue weighted by molar-refractivity contribution is -0.137. The molecule has 4 atom stereocenters. The van der Waals surface area contributed by atoms with Gasteiger partial charge in [-0.1, -0.05) is 18.2 Å². The van der Waals surface area contributed by atoms with Gasteiger partial charge in [0.15, 0.2) is 0 Å². The number of rotatable bonds is 2. The number of alkyl halides is 3. The summed E-state index contributed by atoms with van der Waals surface area (Å²) in [6.45, 7) is 2.06. The molecule has 2 fully saturated rings. The summed E-state index contributed by atoms with van der Waals surface area (Å²) >= 11 is 0. The molecule has 0 aromatic heterocycles. The fourth-order valence-corrected chi connectivity index (χ4v) is 6.31. The molecule has 2 aromatic carbocycles. The first kappa shape index (κ1) is 17.8. The van der Waals surface area contributed by atoms with Crippen molar-refractivity contribution < 1.29 is 18.0 Å². The van der Waals surface area contributed by atoms with Crippen LogP contribution in [-0.2, 0) is 17.4 Å². The number of aryl methyl sites for hydroxylation is 1. The van der Waals surface area contributed by atoms with Gasteiger partial charge in [-0.2, -0.15) is 13.2 Å². The lowest BCUT2D eigenvalue weighted by Crippen LogP contribution is -2.27. The van der Waals surface area contributed by atoms with Gasteiger partial charge in [-0.3, -0.25) is 4.79 Å². The molecule has 2 nitrogen and oxygen atoms in total. The van der Waals surface area contributed by atoms with E-state index in [1.165, 1.54) is 18.1 Å². The topological polar surface area (TPSA) is 43.1 Å². The summed E-state index contributed by atoms with van der Waals surface area (Å²) in [6, 6.07) is 8.37. The van der Waals surface area contributed by atoms with Crippen LogP contribution < -0.4 is 5.73 Å². The number of carbonyl (C=O) groups is 1. The second kappa shape index (κ2) is 5.85. The zero-order valence-electron chi connectivity index (χ0n) is 15.6. The van der Waals surface area contributed by atoms with Gasteiger partial charge in [-0.25, -0.2) is 0 Å². The molecule has 3 aliphatic carbocycles. The number of nitrogens with two attached hydrogens (primary N) is 1. The Morgan fingerprint density at radius 1 is 1.07 bits per heavy atom. The minimum atomic E-state index is -4.46. The van der Waals surface area contributed by atoms with Crippen molar-refractivity contribution in [1.29, 1.82) is 0 Å². The van der Waals surface area contributed by atoms with Crippen LogP contribution in [0, 0.1) is 18.8 Å². The molecule has 0 saturated heterocycles. The minimum absolute atomic E-state index is 0.145. The average Bonchev–Trinajstić information content (AvgIpc) is 3.22. The molecule has 0 heterocycles. The Labute approximate surface area is 161 Å². The van der Waals surface area contributed by atoms with Gasteiger partial charge < -0.3 is 5.73 Å². The van der Waals surface area contributed by atoms with Gasteiger partial charge in [0.05, 0.1) is 12.0 Å². The maximum Gasteiger partial charge on any atom is 0.416 e. The first-order valence-electron chi connectivity index (χ1n) is 9.88. The number of halogens is 3. The fourth-order valence-electron chi connectivity index (χ4n) is 6.31. The number of primary amides is 1. The van der Waals surface area contributed by atoms with Crippen LogP contribution in [0.4, 0.5) is 13.2 Å². The number of carbonyl (C=O) groups excluding carboxylic acids is 1. The number of hydrogen-bond donors (Lipinski definition) is 1. The Hall–Kier alpha value is -2.30. The standard InChI is InChI=1S/C23H22F3NO/c1-11-3-2-4-16-17-10-15(23(24,25)26)8-14(9-18(27)28)20(17)22-13-6-5-12(7-13)21(22)19(11)16/h2-4,8,10,12-13,21-22H,5-7,9H2,1H3,(H2,27,28). The summed E-state index contributed by atoms with van der Waals surface area (Å²) in [4.78, 5) is 11.7. The van der Waals surface area contributed by atoms with E-state index in [1.54, 1.807) is 0 Å². The molecule has 4 unspecified atom stereocenters. The predicted octanol–water partition coefficient (Wildman–Crippen LogP) is 5.32. The van der Waals surface area contributed by atoms with E-state index >= 15 is 0 Å². The minimum Gasteiger partial charge on any atom is -0.369 e. The lowest BCUT2D eigenvalue weighted by Gasteiger charge is -2.41. The molecule has 2 aromatic rings. The quantitative estimate of drug-likeness (QED) is 0.747. The van der Waals surface area contributed by atoms with Crippen molar-refractivity contribution in [3.05, 3.63) is 58.1 Å². The van der Waals surface area contributed by atoms with Crippen molar-refractivity contribution in [3.63, 3.8) is 0 Å². The zero-order valence-corrected chi connectivity index (χ0v) is 15.6. The van der Waals surface area contributed by atoms with E-state index < -0.39 is 17.6 Å². The Balaban J connectivity index is 1.84. The third kappa shape index (κ3) is 2.44. The number of hydrogen-bond acceptors (Lipinski definition) is 1. The summed E-state index contributed by atoms with van der Waals surface area (Å²) in [5.41, 5.74) is 10.1. The van der Waals surface area contributed by atoms with Crippen LogP contribution >= 0.6 is 0 Å². The van der Waals surface area contributed by atoms with Gasteiger partial charge in [0.25, 0.3) is 0 Å². The Morgan fingerprint density at radius 3 is 2.39 bits per heavy atom. The van der Waals surface area contributed by atoms with Gasteiger partial charge in [0, 0.05) is 0 Å². The summed E-state index contributed by atoms with van der Waals surface area (Å²) in [5, 5.41) is 0. The molecule has 0 aliphatic heterocycles. The second-order valence-corrected chi connectivity index (χ2v) is 8.66. The third-order valence-electron chi connectivity index (χ3n) is 7.16. The highest BCUT2D eigenvalue weighted by Crippen LogP contribution is 2.66. The summed E-state index contributed by atoms with van der Waals surface area (Å²) in [7, 11) is 0. The van der Waals surface area contributed by atoms with E-state index in [-0.39, 0.29) is 12.3 Å². The molecule has 3 aliphatic rings. The van der Waals surface area contributed by atoms with Gasteiger partial charge in [0.1, 0.15) is 0 Å². The molecular weight excluding hydrogens is 363 g/mol. The molecule has 2 N–H and O–H groups in total. The Morgan fingerprint density at radius 2 is 1.75 bits per heavy atom. The Kier molecular flexibility index (Phi) is 3.71. The second-order valence-electron chi connectivity index (χ2n) is 8.66.